The van der Waals surface area contributed by atoms with Crippen molar-refractivity contribution in [1.82, 2.24) is 0 Å². The minimum atomic E-state index is -2.15. The quantitative estimate of drug-likeness (QED) is 0.0732. The van der Waals surface area contributed by atoms with Crippen molar-refractivity contribution < 1.29 is 23.2 Å². The first-order chi connectivity index (χ1) is 21.9. The first-order valence-corrected chi connectivity index (χ1v) is 19.2. The standard InChI is InChI=1S/C40H46O5Si/c1-40(2,3)46(5,6)45-38(27-30-16-11-10-15-29(30)20-19-28-13-8-7-9-14-28)32-22-24-37-34(26-32)33-25-31(21-23-36(33)44-37)35(41)17-12-18-39(42)43-4/h7-11,13-16,21-26,38H,12,17-20,27H2,1-6H3. The fourth-order valence-electron chi connectivity index (χ4n) is 5.69. The van der Waals surface area contributed by atoms with Crippen molar-refractivity contribution in [3.8, 4) is 0 Å². The summed E-state index contributed by atoms with van der Waals surface area (Å²) < 4.78 is 18.1. The van der Waals surface area contributed by atoms with E-state index in [4.69, 9.17) is 13.6 Å². The maximum Gasteiger partial charge on any atom is 0.305 e. The summed E-state index contributed by atoms with van der Waals surface area (Å²) in [6.45, 7) is 11.5. The molecule has 4 aromatic carbocycles. The number of esters is 1. The fraction of sp³-hybridized carbons (Fsp3) is 0.350. The van der Waals surface area contributed by atoms with E-state index in [1.807, 2.05) is 24.3 Å². The molecule has 1 aromatic heterocycles. The van der Waals surface area contributed by atoms with Gasteiger partial charge < -0.3 is 13.6 Å². The predicted molar refractivity (Wildman–Crippen MR) is 189 cm³/mol. The molecule has 0 aliphatic heterocycles. The molecule has 0 bridgehead atoms. The number of methoxy groups -OCH3 is 1. The molecule has 5 nitrogen and oxygen atoms in total. The monoisotopic (exact) mass is 634 g/mol. The second-order valence-electron chi connectivity index (χ2n) is 13.7. The molecule has 0 spiro atoms. The molecule has 0 saturated carbocycles. The van der Waals surface area contributed by atoms with Crippen LogP contribution in [0.4, 0.5) is 0 Å². The number of hydrogen-bond donors (Lipinski definition) is 0. The van der Waals surface area contributed by atoms with Gasteiger partial charge in [-0.2, -0.15) is 0 Å². The van der Waals surface area contributed by atoms with Gasteiger partial charge in [-0.3, -0.25) is 9.59 Å². The highest BCUT2D eigenvalue weighted by atomic mass is 28.4. The van der Waals surface area contributed by atoms with E-state index in [9.17, 15) is 9.59 Å². The Labute approximate surface area is 274 Å². The van der Waals surface area contributed by atoms with E-state index in [1.165, 1.54) is 23.8 Å². The second-order valence-corrected chi connectivity index (χ2v) is 18.5. The van der Waals surface area contributed by atoms with Gasteiger partial charge in [0.15, 0.2) is 14.1 Å². The zero-order chi connectivity index (χ0) is 32.9. The van der Waals surface area contributed by atoms with Gasteiger partial charge in [0.05, 0.1) is 13.2 Å². The predicted octanol–water partition coefficient (Wildman–Crippen LogP) is 10.2. The van der Waals surface area contributed by atoms with Gasteiger partial charge in [0, 0.05) is 35.6 Å². The average Bonchev–Trinajstić information content (AvgIpc) is 3.41. The van der Waals surface area contributed by atoms with Crippen LogP contribution in [0.25, 0.3) is 21.9 Å². The molecule has 5 aromatic rings. The molecular weight excluding hydrogens is 589 g/mol. The van der Waals surface area contributed by atoms with Gasteiger partial charge >= 0.3 is 5.97 Å². The highest BCUT2D eigenvalue weighted by molar-refractivity contribution is 6.74. The molecule has 46 heavy (non-hydrogen) atoms. The first kappa shape index (κ1) is 33.4. The number of Topliss-reactive ketones (excluding diaryl/α,β-unsaturated/α-hetero) is 1. The fourth-order valence-corrected chi connectivity index (χ4v) is 6.98. The van der Waals surface area contributed by atoms with Crippen LogP contribution in [0.1, 0.15) is 78.7 Å². The van der Waals surface area contributed by atoms with E-state index in [2.05, 4.69) is 101 Å². The van der Waals surface area contributed by atoms with Crippen LogP contribution in [0, 0.1) is 0 Å². The Balaban J connectivity index is 1.48. The Kier molecular flexibility index (Phi) is 10.3. The van der Waals surface area contributed by atoms with Crippen molar-refractivity contribution >= 4 is 42.0 Å². The van der Waals surface area contributed by atoms with Gasteiger partial charge in [0.2, 0.25) is 0 Å². The third-order valence-corrected chi connectivity index (χ3v) is 14.0. The maximum atomic E-state index is 13.0. The Morgan fingerprint density at radius 2 is 1.43 bits per heavy atom. The second kappa shape index (κ2) is 14.2. The maximum absolute atomic E-state index is 13.0. The number of ether oxygens (including phenoxy) is 1. The van der Waals surface area contributed by atoms with Crippen molar-refractivity contribution in [2.24, 2.45) is 0 Å². The van der Waals surface area contributed by atoms with Crippen molar-refractivity contribution in [2.45, 2.75) is 83.5 Å². The summed E-state index contributed by atoms with van der Waals surface area (Å²) in [6.07, 6.45) is 3.55. The van der Waals surface area contributed by atoms with E-state index in [0.29, 0.717) is 12.0 Å². The van der Waals surface area contributed by atoms with Crippen molar-refractivity contribution in [3.05, 3.63) is 119 Å². The number of benzene rings is 4. The lowest BCUT2D eigenvalue weighted by molar-refractivity contribution is -0.140. The third kappa shape index (κ3) is 7.86. The number of aryl methyl sites for hydroxylation is 2. The smallest absolute Gasteiger partial charge is 0.305 e. The lowest BCUT2D eigenvalue weighted by Crippen LogP contribution is -2.42. The van der Waals surface area contributed by atoms with Crippen LogP contribution in [0.15, 0.2) is 95.4 Å². The summed E-state index contributed by atoms with van der Waals surface area (Å²) in [5, 5.41) is 1.93. The number of fused-ring (bicyclic) bond motifs is 3. The minimum Gasteiger partial charge on any atom is -0.469 e. The van der Waals surface area contributed by atoms with E-state index in [-0.39, 0.29) is 35.7 Å². The van der Waals surface area contributed by atoms with Crippen LogP contribution in [-0.2, 0) is 33.2 Å². The van der Waals surface area contributed by atoms with Crippen LogP contribution >= 0.6 is 0 Å². The summed E-state index contributed by atoms with van der Waals surface area (Å²) in [4.78, 5) is 24.5. The van der Waals surface area contributed by atoms with Gasteiger partial charge in [-0.25, -0.2) is 0 Å². The summed E-state index contributed by atoms with van der Waals surface area (Å²) in [6, 6.07) is 31.4. The minimum absolute atomic E-state index is 0.00236. The zero-order valence-corrected chi connectivity index (χ0v) is 29.0. The zero-order valence-electron chi connectivity index (χ0n) is 28.0. The Morgan fingerprint density at radius 3 is 2.13 bits per heavy atom. The molecular formula is C40H46O5Si. The Morgan fingerprint density at radius 1 is 0.783 bits per heavy atom. The van der Waals surface area contributed by atoms with E-state index < -0.39 is 8.32 Å². The normalized spacial score (nSPS) is 12.8. The SMILES string of the molecule is COC(=O)CCCC(=O)c1ccc2oc3ccc(C(Cc4ccccc4CCc4ccccc4)O[Si](C)(C)C(C)(C)C)cc3c2c1. The number of hydrogen-bond acceptors (Lipinski definition) is 5. The summed E-state index contributed by atoms with van der Waals surface area (Å²) >= 11 is 0. The summed E-state index contributed by atoms with van der Waals surface area (Å²) in [7, 11) is -0.783. The van der Waals surface area contributed by atoms with Gasteiger partial charge in [-0.1, -0.05) is 81.4 Å². The van der Waals surface area contributed by atoms with Crippen LogP contribution in [0.5, 0.6) is 0 Å². The van der Waals surface area contributed by atoms with E-state index >= 15 is 0 Å². The molecule has 1 heterocycles. The van der Waals surface area contributed by atoms with Crippen LogP contribution in [-0.4, -0.2) is 27.2 Å². The highest BCUT2D eigenvalue weighted by Crippen LogP contribution is 2.42. The number of ketones is 1. The molecule has 1 unspecified atom stereocenters. The summed E-state index contributed by atoms with van der Waals surface area (Å²) in [5.74, 6) is -0.299. The van der Waals surface area contributed by atoms with Crippen LogP contribution in [0.3, 0.4) is 0 Å². The molecule has 5 rings (SSSR count). The van der Waals surface area contributed by atoms with Crippen LogP contribution < -0.4 is 0 Å². The van der Waals surface area contributed by atoms with E-state index in [1.54, 1.807) is 0 Å². The first-order valence-electron chi connectivity index (χ1n) is 16.3. The van der Waals surface area contributed by atoms with Crippen molar-refractivity contribution in [1.29, 1.82) is 0 Å². The highest BCUT2D eigenvalue weighted by Gasteiger charge is 2.39. The Hall–Kier alpha value is -4.00. The van der Waals surface area contributed by atoms with Crippen molar-refractivity contribution in [2.75, 3.05) is 7.11 Å². The lowest BCUT2D eigenvalue weighted by atomic mass is 9.93. The summed E-state index contributed by atoms with van der Waals surface area (Å²) in [5.41, 5.74) is 7.24. The molecule has 6 heteroatoms. The van der Waals surface area contributed by atoms with Gasteiger partial charge in [0.25, 0.3) is 0 Å². The molecule has 0 aliphatic rings. The van der Waals surface area contributed by atoms with Gasteiger partial charge in [0.1, 0.15) is 11.2 Å². The third-order valence-electron chi connectivity index (χ3n) is 9.49. The molecule has 0 fully saturated rings. The van der Waals surface area contributed by atoms with Gasteiger partial charge in [-0.05, 0) is 90.0 Å². The number of carbonyl (C=O) groups excluding carboxylic acids is 2. The van der Waals surface area contributed by atoms with Gasteiger partial charge in [-0.15, -0.1) is 0 Å². The molecule has 0 N–H and O–H groups in total. The van der Waals surface area contributed by atoms with Crippen molar-refractivity contribution in [3.63, 3.8) is 0 Å². The molecule has 0 amide bonds. The Bertz CT molecular complexity index is 1810. The molecule has 240 valence electrons. The number of rotatable bonds is 13. The van der Waals surface area contributed by atoms with Crippen LogP contribution in [0.2, 0.25) is 18.1 Å². The molecule has 0 radical (unpaired) electrons. The molecule has 1 atom stereocenters. The number of carbonyl (C=O) groups is 2. The lowest BCUT2D eigenvalue weighted by Gasteiger charge is -2.39. The number of furan rings is 1. The average molecular weight is 635 g/mol. The largest absolute Gasteiger partial charge is 0.469 e. The van der Waals surface area contributed by atoms with E-state index in [0.717, 1.165) is 46.8 Å². The topological polar surface area (TPSA) is 65.7 Å². The molecule has 0 aliphatic carbocycles. The molecule has 0 saturated heterocycles.